The van der Waals surface area contributed by atoms with E-state index in [4.69, 9.17) is 3.07 Å². The summed E-state index contributed by atoms with van der Waals surface area (Å²) in [5.41, 5.74) is 0.668. The largest absolute Gasteiger partial charge is 0.309 e. The van der Waals surface area contributed by atoms with Crippen molar-refractivity contribution in [3.63, 3.8) is 0 Å². The van der Waals surface area contributed by atoms with Crippen molar-refractivity contribution in [1.82, 2.24) is 0 Å². The summed E-state index contributed by atoms with van der Waals surface area (Å²) in [4.78, 5) is 0. The second kappa shape index (κ2) is 5.35. The smallest absolute Gasteiger partial charge is 0.110 e. The average molecular weight is 324 g/mol. The van der Waals surface area contributed by atoms with E-state index in [2.05, 4.69) is 50.7 Å². The first kappa shape index (κ1) is 13.8. The molecule has 2 unspecified atom stereocenters. The molecule has 15 heavy (non-hydrogen) atoms. The molecule has 1 rings (SSSR count). The zero-order valence-electron chi connectivity index (χ0n) is 10.6. The van der Waals surface area contributed by atoms with Crippen LogP contribution in [-0.2, 0) is 3.07 Å². The first-order valence-electron chi connectivity index (χ1n) is 6.27. The molecule has 90 valence electrons. The molecule has 1 saturated carbocycles. The fraction of sp³-hybridized carbons (Fsp3) is 1.00. The number of hydrogen-bond donors (Lipinski definition) is 0. The summed E-state index contributed by atoms with van der Waals surface area (Å²) in [7, 11) is 0. The number of halogens is 1. The van der Waals surface area contributed by atoms with Crippen LogP contribution >= 0.6 is 23.0 Å². The molecule has 1 nitrogen and oxygen atoms in total. The maximum Gasteiger partial charge on any atom is 0.110 e. The number of rotatable bonds is 3. The third kappa shape index (κ3) is 3.58. The fourth-order valence-corrected chi connectivity index (χ4v) is 3.60. The third-order valence-corrected chi connectivity index (χ3v) is 5.08. The molecule has 0 heterocycles. The highest BCUT2D eigenvalue weighted by Gasteiger charge is 2.38. The molecule has 0 bridgehead atoms. The zero-order chi connectivity index (χ0) is 11.5. The van der Waals surface area contributed by atoms with Gasteiger partial charge in [0, 0.05) is 0 Å². The monoisotopic (exact) mass is 324 g/mol. The molecule has 0 radical (unpaired) electrons. The van der Waals surface area contributed by atoms with E-state index >= 15 is 0 Å². The predicted octanol–water partition coefficient (Wildman–Crippen LogP) is 5.13. The summed E-state index contributed by atoms with van der Waals surface area (Å²) in [6.07, 6.45) is 7.61. The standard InChI is InChI=1S/C13H25IO/c1-5-11-9-12(3,4)7-8-13(6-2,10-11)15-14/h11H,5-10H2,1-4H3. The molecule has 2 atom stereocenters. The van der Waals surface area contributed by atoms with Gasteiger partial charge in [0.15, 0.2) is 0 Å². The van der Waals surface area contributed by atoms with E-state index in [0.29, 0.717) is 5.41 Å². The van der Waals surface area contributed by atoms with Crippen molar-refractivity contribution in [2.75, 3.05) is 0 Å². The summed E-state index contributed by atoms with van der Waals surface area (Å²) in [6.45, 7) is 9.41. The van der Waals surface area contributed by atoms with Crippen LogP contribution in [0.15, 0.2) is 0 Å². The molecule has 0 saturated heterocycles. The fourth-order valence-electron chi connectivity index (χ4n) is 2.88. The van der Waals surface area contributed by atoms with Gasteiger partial charge >= 0.3 is 0 Å². The maximum atomic E-state index is 5.80. The van der Waals surface area contributed by atoms with E-state index < -0.39 is 0 Å². The summed E-state index contributed by atoms with van der Waals surface area (Å²) < 4.78 is 5.80. The minimum atomic E-state index is 0.162. The van der Waals surface area contributed by atoms with Crippen molar-refractivity contribution in [3.05, 3.63) is 0 Å². The normalized spacial score (nSPS) is 36.2. The first-order valence-corrected chi connectivity index (χ1v) is 7.15. The van der Waals surface area contributed by atoms with Crippen LogP contribution in [0.5, 0.6) is 0 Å². The minimum Gasteiger partial charge on any atom is -0.309 e. The van der Waals surface area contributed by atoms with Crippen LogP contribution < -0.4 is 0 Å². The SMILES string of the molecule is CCC1CC(C)(C)CCC(CC)(OI)C1. The molecule has 0 aliphatic heterocycles. The molecule has 1 aliphatic carbocycles. The van der Waals surface area contributed by atoms with Crippen molar-refractivity contribution in [3.8, 4) is 0 Å². The first-order chi connectivity index (χ1) is 6.97. The molecule has 2 heteroatoms. The molecular weight excluding hydrogens is 299 g/mol. The average Bonchev–Trinajstić information content (AvgIpc) is 2.35. The van der Waals surface area contributed by atoms with Crippen molar-refractivity contribution < 1.29 is 3.07 Å². The van der Waals surface area contributed by atoms with Gasteiger partial charge in [-0.2, -0.15) is 0 Å². The van der Waals surface area contributed by atoms with E-state index in [9.17, 15) is 0 Å². The van der Waals surface area contributed by atoms with Crippen LogP contribution in [0.4, 0.5) is 0 Å². The molecule has 0 amide bonds. The number of hydrogen-bond acceptors (Lipinski definition) is 1. The molecular formula is C13H25IO. The summed E-state index contributed by atoms with van der Waals surface area (Å²) in [5.74, 6) is 0.845. The predicted molar refractivity (Wildman–Crippen MR) is 74.2 cm³/mol. The van der Waals surface area contributed by atoms with Gasteiger partial charge in [-0.25, -0.2) is 0 Å². The molecule has 0 aromatic carbocycles. The van der Waals surface area contributed by atoms with Crippen molar-refractivity contribution >= 4 is 23.0 Å². The van der Waals surface area contributed by atoms with Gasteiger partial charge in [0.25, 0.3) is 0 Å². The third-order valence-electron chi connectivity index (χ3n) is 4.14. The highest BCUT2D eigenvalue weighted by molar-refractivity contribution is 14.1. The van der Waals surface area contributed by atoms with Gasteiger partial charge < -0.3 is 3.07 Å². The summed E-state index contributed by atoms with van der Waals surface area (Å²) in [5, 5.41) is 0. The van der Waals surface area contributed by atoms with Crippen molar-refractivity contribution in [1.29, 1.82) is 0 Å². The highest BCUT2D eigenvalue weighted by Crippen LogP contribution is 2.45. The highest BCUT2D eigenvalue weighted by atomic mass is 127. The Morgan fingerprint density at radius 2 is 1.87 bits per heavy atom. The Balaban J connectivity index is 2.79. The van der Waals surface area contributed by atoms with Gasteiger partial charge in [-0.05, 0) is 43.4 Å². The van der Waals surface area contributed by atoms with Crippen LogP contribution in [0.25, 0.3) is 0 Å². The van der Waals surface area contributed by atoms with Gasteiger partial charge in [0.2, 0.25) is 0 Å². The Labute approximate surface area is 109 Å². The molecule has 0 spiro atoms. The Morgan fingerprint density at radius 1 is 1.20 bits per heavy atom. The molecule has 1 aliphatic rings. The van der Waals surface area contributed by atoms with Crippen molar-refractivity contribution in [2.45, 2.75) is 71.8 Å². The van der Waals surface area contributed by atoms with Crippen LogP contribution in [-0.4, -0.2) is 5.60 Å². The quantitative estimate of drug-likeness (QED) is 0.517. The van der Waals surface area contributed by atoms with E-state index in [-0.39, 0.29) is 5.60 Å². The summed E-state index contributed by atoms with van der Waals surface area (Å²) >= 11 is 2.11. The summed E-state index contributed by atoms with van der Waals surface area (Å²) in [6, 6.07) is 0. The van der Waals surface area contributed by atoms with Crippen molar-refractivity contribution in [2.24, 2.45) is 11.3 Å². The van der Waals surface area contributed by atoms with E-state index in [1.807, 2.05) is 0 Å². The lowest BCUT2D eigenvalue weighted by molar-refractivity contribution is 0.0822. The lowest BCUT2D eigenvalue weighted by atomic mass is 9.80. The van der Waals surface area contributed by atoms with Gasteiger partial charge in [0.05, 0.1) is 5.60 Å². The topological polar surface area (TPSA) is 9.23 Å². The van der Waals surface area contributed by atoms with E-state index in [1.54, 1.807) is 0 Å². The Morgan fingerprint density at radius 3 is 2.33 bits per heavy atom. The van der Waals surface area contributed by atoms with Gasteiger partial charge in [-0.3, -0.25) is 0 Å². The Hall–Kier alpha value is 0.690. The van der Waals surface area contributed by atoms with Crippen LogP contribution in [0.2, 0.25) is 0 Å². The van der Waals surface area contributed by atoms with E-state index in [1.165, 1.54) is 32.1 Å². The van der Waals surface area contributed by atoms with Crippen LogP contribution in [0, 0.1) is 11.3 Å². The van der Waals surface area contributed by atoms with Gasteiger partial charge in [-0.15, -0.1) is 0 Å². The van der Waals surface area contributed by atoms with Gasteiger partial charge in [-0.1, -0.05) is 34.1 Å². The molecule has 1 fully saturated rings. The Kier molecular flexibility index (Phi) is 4.90. The lowest BCUT2D eigenvalue weighted by Crippen LogP contribution is -2.29. The molecule has 0 N–H and O–H groups in total. The molecule has 0 aromatic rings. The van der Waals surface area contributed by atoms with E-state index in [0.717, 1.165) is 12.3 Å². The lowest BCUT2D eigenvalue weighted by Gasteiger charge is -2.30. The zero-order valence-corrected chi connectivity index (χ0v) is 12.8. The van der Waals surface area contributed by atoms with Gasteiger partial charge in [0.1, 0.15) is 23.0 Å². The second-order valence-corrected chi connectivity index (χ2v) is 6.40. The van der Waals surface area contributed by atoms with Crippen LogP contribution in [0.3, 0.4) is 0 Å². The second-order valence-electron chi connectivity index (χ2n) is 5.96. The van der Waals surface area contributed by atoms with Crippen LogP contribution in [0.1, 0.15) is 66.2 Å². The Bertz CT molecular complexity index is 197. The molecule has 0 aromatic heterocycles. The maximum absolute atomic E-state index is 5.80. The minimum absolute atomic E-state index is 0.162.